The monoisotopic (exact) mass is 184 g/mol. The number of amides is 1. The summed E-state index contributed by atoms with van der Waals surface area (Å²) in [5.74, 6) is 0.297. The Morgan fingerprint density at radius 2 is 2.46 bits per heavy atom. The molecule has 1 unspecified atom stereocenters. The smallest absolute Gasteiger partial charge is 0.291 e. The Kier molecular flexibility index (Phi) is 2.97. The van der Waals surface area contributed by atoms with Gasteiger partial charge in [-0.05, 0) is 13.8 Å². The summed E-state index contributed by atoms with van der Waals surface area (Å²) >= 11 is 0. The molecule has 72 valence electrons. The molecular weight excluding hydrogens is 172 g/mol. The van der Waals surface area contributed by atoms with Crippen LogP contribution in [0, 0.1) is 6.92 Å². The van der Waals surface area contributed by atoms with Crippen molar-refractivity contribution in [2.45, 2.75) is 19.9 Å². The molecule has 1 atom stereocenters. The molecule has 0 radical (unpaired) electrons. The van der Waals surface area contributed by atoms with E-state index in [-0.39, 0.29) is 24.4 Å². The number of H-pyrrole nitrogens is 1. The number of nitrogens with one attached hydrogen (secondary N) is 2. The standard InChI is InChI=1S/C7H12N4O2/c1-4(3-12)8-7(13)6-9-5(2)10-11-6/h4,12H,3H2,1-2H3,(H,8,13)(H,9,10,11). The van der Waals surface area contributed by atoms with E-state index in [1.165, 1.54) is 0 Å². The van der Waals surface area contributed by atoms with Gasteiger partial charge in [-0.2, -0.15) is 0 Å². The Morgan fingerprint density at radius 1 is 1.77 bits per heavy atom. The molecule has 0 bridgehead atoms. The molecule has 0 fully saturated rings. The summed E-state index contributed by atoms with van der Waals surface area (Å²) < 4.78 is 0. The van der Waals surface area contributed by atoms with E-state index in [2.05, 4.69) is 20.5 Å². The molecule has 6 heteroatoms. The van der Waals surface area contributed by atoms with Crippen LogP contribution in [0.1, 0.15) is 23.4 Å². The molecule has 1 aromatic rings. The third-order valence-electron chi connectivity index (χ3n) is 1.45. The normalized spacial score (nSPS) is 12.5. The zero-order valence-electron chi connectivity index (χ0n) is 7.53. The summed E-state index contributed by atoms with van der Waals surface area (Å²) in [7, 11) is 0. The molecule has 0 aliphatic heterocycles. The molecular formula is C7H12N4O2. The number of aliphatic hydroxyl groups is 1. The minimum Gasteiger partial charge on any atom is -0.394 e. The second-order valence-electron chi connectivity index (χ2n) is 2.80. The molecule has 3 N–H and O–H groups in total. The highest BCUT2D eigenvalue weighted by molar-refractivity contribution is 5.90. The molecule has 0 saturated heterocycles. The number of aromatic nitrogens is 3. The molecule has 1 amide bonds. The van der Waals surface area contributed by atoms with Crippen LogP contribution in [0.2, 0.25) is 0 Å². The van der Waals surface area contributed by atoms with Crippen LogP contribution in [-0.2, 0) is 0 Å². The molecule has 1 aromatic heterocycles. The number of carbonyl (C=O) groups is 1. The van der Waals surface area contributed by atoms with E-state index in [9.17, 15) is 4.79 Å². The summed E-state index contributed by atoms with van der Waals surface area (Å²) in [6, 6.07) is -0.286. The number of nitrogens with zero attached hydrogens (tertiary/aromatic N) is 2. The van der Waals surface area contributed by atoms with Crippen molar-refractivity contribution in [2.75, 3.05) is 6.61 Å². The Bertz CT molecular complexity index is 296. The lowest BCUT2D eigenvalue weighted by Gasteiger charge is -2.07. The van der Waals surface area contributed by atoms with Crippen LogP contribution in [0.4, 0.5) is 0 Å². The van der Waals surface area contributed by atoms with Gasteiger partial charge in [0.05, 0.1) is 6.61 Å². The van der Waals surface area contributed by atoms with Crippen LogP contribution in [0.15, 0.2) is 0 Å². The van der Waals surface area contributed by atoms with Crippen molar-refractivity contribution in [3.63, 3.8) is 0 Å². The van der Waals surface area contributed by atoms with Gasteiger partial charge < -0.3 is 10.4 Å². The van der Waals surface area contributed by atoms with Gasteiger partial charge in [-0.3, -0.25) is 9.89 Å². The maximum Gasteiger partial charge on any atom is 0.291 e. The average Bonchev–Trinajstić information content (AvgIpc) is 2.51. The number of aryl methyl sites for hydroxylation is 1. The minimum absolute atomic E-state index is 0.0952. The number of aromatic amines is 1. The first kappa shape index (κ1) is 9.66. The van der Waals surface area contributed by atoms with Gasteiger partial charge in [-0.25, -0.2) is 4.98 Å². The molecule has 0 aliphatic rings. The van der Waals surface area contributed by atoms with Crippen molar-refractivity contribution in [2.24, 2.45) is 0 Å². The second kappa shape index (κ2) is 3.99. The topological polar surface area (TPSA) is 90.9 Å². The zero-order valence-corrected chi connectivity index (χ0v) is 7.53. The lowest BCUT2D eigenvalue weighted by atomic mass is 10.3. The number of carbonyl (C=O) groups excluding carboxylic acids is 1. The largest absolute Gasteiger partial charge is 0.394 e. The highest BCUT2D eigenvalue weighted by Gasteiger charge is 2.12. The molecule has 0 spiro atoms. The second-order valence-corrected chi connectivity index (χ2v) is 2.80. The quantitative estimate of drug-likeness (QED) is 0.575. The maximum atomic E-state index is 11.3. The van der Waals surface area contributed by atoms with E-state index in [0.717, 1.165) is 0 Å². The van der Waals surface area contributed by atoms with Gasteiger partial charge in [0.15, 0.2) is 0 Å². The van der Waals surface area contributed by atoms with E-state index in [0.29, 0.717) is 5.82 Å². The van der Waals surface area contributed by atoms with Crippen molar-refractivity contribution in [1.29, 1.82) is 0 Å². The van der Waals surface area contributed by atoms with Crippen LogP contribution in [0.5, 0.6) is 0 Å². The summed E-state index contributed by atoms with van der Waals surface area (Å²) in [6.45, 7) is 3.30. The number of hydrogen-bond donors (Lipinski definition) is 3. The van der Waals surface area contributed by atoms with Crippen molar-refractivity contribution >= 4 is 5.91 Å². The van der Waals surface area contributed by atoms with E-state index in [1.807, 2.05) is 0 Å². The van der Waals surface area contributed by atoms with Crippen LogP contribution >= 0.6 is 0 Å². The van der Waals surface area contributed by atoms with Gasteiger partial charge in [0.1, 0.15) is 5.82 Å². The fourth-order valence-electron chi connectivity index (χ4n) is 0.778. The first-order valence-corrected chi connectivity index (χ1v) is 3.94. The summed E-state index contributed by atoms with van der Waals surface area (Å²) in [5.41, 5.74) is 0. The summed E-state index contributed by atoms with van der Waals surface area (Å²) in [4.78, 5) is 15.1. The summed E-state index contributed by atoms with van der Waals surface area (Å²) in [5, 5.41) is 17.4. The van der Waals surface area contributed by atoms with E-state index in [4.69, 9.17) is 5.11 Å². The Balaban J connectivity index is 2.58. The Hall–Kier alpha value is -1.43. The zero-order chi connectivity index (χ0) is 9.84. The Morgan fingerprint density at radius 3 is 2.92 bits per heavy atom. The molecule has 13 heavy (non-hydrogen) atoms. The maximum absolute atomic E-state index is 11.3. The fraction of sp³-hybridized carbons (Fsp3) is 0.571. The van der Waals surface area contributed by atoms with Crippen molar-refractivity contribution in [3.8, 4) is 0 Å². The van der Waals surface area contributed by atoms with E-state index >= 15 is 0 Å². The van der Waals surface area contributed by atoms with E-state index < -0.39 is 0 Å². The van der Waals surface area contributed by atoms with E-state index in [1.54, 1.807) is 13.8 Å². The molecule has 0 aromatic carbocycles. The fourth-order valence-corrected chi connectivity index (χ4v) is 0.778. The first-order valence-electron chi connectivity index (χ1n) is 3.94. The van der Waals surface area contributed by atoms with Crippen molar-refractivity contribution in [3.05, 3.63) is 11.6 Å². The molecule has 0 aliphatic carbocycles. The van der Waals surface area contributed by atoms with Gasteiger partial charge in [-0.1, -0.05) is 0 Å². The highest BCUT2D eigenvalue weighted by atomic mass is 16.3. The van der Waals surface area contributed by atoms with Crippen LogP contribution in [0.25, 0.3) is 0 Å². The lowest BCUT2D eigenvalue weighted by Crippen LogP contribution is -2.35. The molecule has 0 saturated carbocycles. The summed E-state index contributed by atoms with van der Waals surface area (Å²) in [6.07, 6.45) is 0. The molecule has 6 nitrogen and oxygen atoms in total. The first-order chi connectivity index (χ1) is 6.13. The number of rotatable bonds is 3. The highest BCUT2D eigenvalue weighted by Crippen LogP contribution is 1.91. The third-order valence-corrected chi connectivity index (χ3v) is 1.45. The predicted molar refractivity (Wildman–Crippen MR) is 45.1 cm³/mol. The number of aliphatic hydroxyl groups excluding tert-OH is 1. The SMILES string of the molecule is Cc1nc(C(=O)NC(C)CO)n[nH]1. The molecule has 1 rings (SSSR count). The van der Waals surface area contributed by atoms with Crippen molar-refractivity contribution in [1.82, 2.24) is 20.5 Å². The third kappa shape index (κ3) is 2.51. The molecule has 1 heterocycles. The van der Waals surface area contributed by atoms with Crippen molar-refractivity contribution < 1.29 is 9.90 Å². The van der Waals surface area contributed by atoms with Gasteiger partial charge in [-0.15, -0.1) is 5.10 Å². The van der Waals surface area contributed by atoms with Crippen LogP contribution < -0.4 is 5.32 Å². The minimum atomic E-state index is -0.383. The van der Waals surface area contributed by atoms with Gasteiger partial charge >= 0.3 is 0 Å². The van der Waals surface area contributed by atoms with Gasteiger partial charge in [0.25, 0.3) is 5.91 Å². The predicted octanol–water partition coefficient (Wildman–Crippen LogP) is -0.776. The van der Waals surface area contributed by atoms with Gasteiger partial charge in [0.2, 0.25) is 5.82 Å². The average molecular weight is 184 g/mol. The number of hydrogen-bond acceptors (Lipinski definition) is 4. The van der Waals surface area contributed by atoms with Crippen LogP contribution in [-0.4, -0.2) is 38.8 Å². The Labute approximate surface area is 75.4 Å². The lowest BCUT2D eigenvalue weighted by molar-refractivity contribution is 0.0912. The van der Waals surface area contributed by atoms with Gasteiger partial charge in [0, 0.05) is 6.04 Å². The van der Waals surface area contributed by atoms with Crippen LogP contribution in [0.3, 0.4) is 0 Å².